The van der Waals surface area contributed by atoms with Gasteiger partial charge in [-0.05, 0) is 36.8 Å². The highest BCUT2D eigenvalue weighted by atomic mass is 35.5. The van der Waals surface area contributed by atoms with Crippen LogP contribution in [0.2, 0.25) is 0 Å². The summed E-state index contributed by atoms with van der Waals surface area (Å²) in [7, 11) is 1.43. The smallest absolute Gasteiger partial charge is 0.311 e. The molecule has 0 aliphatic carbocycles. The number of alkyl halides is 1. The third kappa shape index (κ3) is 5.07. The summed E-state index contributed by atoms with van der Waals surface area (Å²) in [5.41, 5.74) is 0.928. The average Bonchev–Trinajstić information content (AvgIpc) is 2.35. The maximum absolute atomic E-state index is 10.9. The van der Waals surface area contributed by atoms with E-state index in [0.29, 0.717) is 11.7 Å². The Hall–Kier alpha value is -1.29. The molecule has 0 aliphatic heterocycles. The first kappa shape index (κ1) is 15.8. The van der Waals surface area contributed by atoms with Gasteiger partial charge in [0.1, 0.15) is 0 Å². The number of nitro groups is 1. The van der Waals surface area contributed by atoms with Gasteiger partial charge < -0.3 is 4.74 Å². The highest BCUT2D eigenvalue weighted by Gasteiger charge is 2.15. The average molecular weight is 286 g/mol. The number of rotatable bonds is 7. The molecule has 1 atom stereocenters. The zero-order valence-electron chi connectivity index (χ0n) is 11.6. The predicted molar refractivity (Wildman–Crippen MR) is 77.1 cm³/mol. The summed E-state index contributed by atoms with van der Waals surface area (Å²) in [4.78, 5) is 10.5. The number of nitro benzene ring substituents is 1. The number of ether oxygens (including phenoxy) is 1. The largest absolute Gasteiger partial charge is 0.490 e. The summed E-state index contributed by atoms with van der Waals surface area (Å²) < 4.78 is 4.97. The van der Waals surface area contributed by atoms with Crippen molar-refractivity contribution >= 4 is 17.3 Å². The molecule has 1 unspecified atom stereocenters. The molecule has 1 aromatic rings. The molecule has 0 N–H and O–H groups in total. The molecule has 0 amide bonds. The summed E-state index contributed by atoms with van der Waals surface area (Å²) in [6.45, 7) is 4.27. The van der Waals surface area contributed by atoms with Crippen molar-refractivity contribution < 1.29 is 9.66 Å². The van der Waals surface area contributed by atoms with Gasteiger partial charge in [0, 0.05) is 11.4 Å². The van der Waals surface area contributed by atoms with Gasteiger partial charge in [-0.1, -0.05) is 19.9 Å². The van der Waals surface area contributed by atoms with Crippen LogP contribution in [0.5, 0.6) is 5.75 Å². The van der Waals surface area contributed by atoms with Crippen molar-refractivity contribution in [2.24, 2.45) is 5.92 Å². The second-order valence-electron chi connectivity index (χ2n) is 5.03. The van der Waals surface area contributed by atoms with E-state index < -0.39 is 4.92 Å². The van der Waals surface area contributed by atoms with E-state index in [4.69, 9.17) is 16.3 Å². The first-order valence-corrected chi connectivity index (χ1v) is 6.83. The fourth-order valence-electron chi connectivity index (χ4n) is 1.99. The van der Waals surface area contributed by atoms with Crippen LogP contribution in [-0.2, 0) is 6.42 Å². The van der Waals surface area contributed by atoms with Crippen LogP contribution in [0.1, 0.15) is 32.3 Å². The van der Waals surface area contributed by atoms with Crippen LogP contribution >= 0.6 is 11.6 Å². The maximum Gasteiger partial charge on any atom is 0.311 e. The van der Waals surface area contributed by atoms with E-state index in [1.165, 1.54) is 7.11 Å². The molecule has 0 radical (unpaired) electrons. The Bertz CT molecular complexity index is 435. The molecule has 0 saturated heterocycles. The first-order valence-electron chi connectivity index (χ1n) is 6.39. The van der Waals surface area contributed by atoms with Crippen molar-refractivity contribution in [1.29, 1.82) is 0 Å². The van der Waals surface area contributed by atoms with Gasteiger partial charge in [-0.3, -0.25) is 10.1 Å². The molecule has 0 fully saturated rings. The molecule has 106 valence electrons. The Morgan fingerprint density at radius 3 is 2.63 bits per heavy atom. The minimum Gasteiger partial charge on any atom is -0.490 e. The third-order valence-corrected chi connectivity index (χ3v) is 3.31. The van der Waals surface area contributed by atoms with Crippen LogP contribution in [0.15, 0.2) is 18.2 Å². The first-order chi connectivity index (χ1) is 8.93. The summed E-state index contributed by atoms with van der Waals surface area (Å²) in [6, 6.07) is 5.06. The van der Waals surface area contributed by atoms with E-state index in [1.807, 2.05) is 6.07 Å². The highest BCUT2D eigenvalue weighted by molar-refractivity contribution is 6.20. The molecule has 4 nitrogen and oxygen atoms in total. The Morgan fingerprint density at radius 2 is 2.11 bits per heavy atom. The number of halogens is 1. The quantitative estimate of drug-likeness (QED) is 0.429. The van der Waals surface area contributed by atoms with Gasteiger partial charge in [0.05, 0.1) is 12.0 Å². The predicted octanol–water partition coefficient (Wildman–Crippen LogP) is 4.19. The molecule has 1 aromatic carbocycles. The lowest BCUT2D eigenvalue weighted by Gasteiger charge is -2.12. The van der Waals surface area contributed by atoms with Crippen molar-refractivity contribution in [1.82, 2.24) is 0 Å². The molecule has 0 bridgehead atoms. The van der Waals surface area contributed by atoms with E-state index in [9.17, 15) is 10.1 Å². The number of nitrogens with zero attached hydrogens (tertiary/aromatic N) is 1. The van der Waals surface area contributed by atoms with Crippen LogP contribution in [0, 0.1) is 16.0 Å². The topological polar surface area (TPSA) is 52.4 Å². The Balaban J connectivity index is 2.69. The van der Waals surface area contributed by atoms with Crippen LogP contribution < -0.4 is 4.74 Å². The van der Waals surface area contributed by atoms with Crippen molar-refractivity contribution in [3.63, 3.8) is 0 Å². The lowest BCUT2D eigenvalue weighted by molar-refractivity contribution is -0.385. The van der Waals surface area contributed by atoms with Crippen molar-refractivity contribution in [3.8, 4) is 5.75 Å². The van der Waals surface area contributed by atoms with Gasteiger partial charge in [-0.25, -0.2) is 0 Å². The van der Waals surface area contributed by atoms with Gasteiger partial charge in [0.15, 0.2) is 5.75 Å². The van der Waals surface area contributed by atoms with Crippen LogP contribution in [0.4, 0.5) is 5.69 Å². The van der Waals surface area contributed by atoms with Crippen molar-refractivity contribution in [3.05, 3.63) is 33.9 Å². The van der Waals surface area contributed by atoms with E-state index in [-0.39, 0.29) is 11.1 Å². The van der Waals surface area contributed by atoms with E-state index in [1.54, 1.807) is 12.1 Å². The van der Waals surface area contributed by atoms with E-state index in [2.05, 4.69) is 13.8 Å². The standard InChI is InChI=1S/C14H20ClNO3/c1-10(2)8-12(15)6-4-11-5-7-14(19-3)13(9-11)16(17)18/h5,7,9-10,12H,4,6,8H2,1-3H3. The highest BCUT2D eigenvalue weighted by Crippen LogP contribution is 2.28. The number of hydrogen-bond donors (Lipinski definition) is 0. The SMILES string of the molecule is COc1ccc(CCC(Cl)CC(C)C)cc1[N+](=O)[O-]. The molecule has 19 heavy (non-hydrogen) atoms. The maximum atomic E-state index is 10.9. The second kappa shape index (κ2) is 7.34. The van der Waals surface area contributed by atoms with E-state index >= 15 is 0 Å². The number of methoxy groups -OCH3 is 1. The third-order valence-electron chi connectivity index (χ3n) is 2.91. The molecule has 0 aromatic heterocycles. The van der Waals surface area contributed by atoms with Gasteiger partial charge in [0.2, 0.25) is 0 Å². The summed E-state index contributed by atoms with van der Waals surface area (Å²) in [5.74, 6) is 0.853. The monoisotopic (exact) mass is 285 g/mol. The summed E-state index contributed by atoms with van der Waals surface area (Å²) in [6.07, 6.45) is 2.52. The lowest BCUT2D eigenvalue weighted by atomic mass is 10.0. The summed E-state index contributed by atoms with van der Waals surface area (Å²) >= 11 is 6.23. The minimum atomic E-state index is -0.422. The molecule has 1 rings (SSSR count). The van der Waals surface area contributed by atoms with Crippen molar-refractivity contribution in [2.75, 3.05) is 7.11 Å². The number of aryl methyl sites for hydroxylation is 1. The van der Waals surface area contributed by atoms with Crippen LogP contribution in [-0.4, -0.2) is 17.4 Å². The van der Waals surface area contributed by atoms with E-state index in [0.717, 1.165) is 24.8 Å². The number of hydrogen-bond acceptors (Lipinski definition) is 3. The molecular formula is C14H20ClNO3. The fourth-order valence-corrected chi connectivity index (χ4v) is 2.45. The Morgan fingerprint density at radius 1 is 1.42 bits per heavy atom. The fraction of sp³-hybridized carbons (Fsp3) is 0.571. The molecule has 0 spiro atoms. The lowest BCUT2D eigenvalue weighted by Crippen LogP contribution is -2.05. The zero-order chi connectivity index (χ0) is 14.4. The Kier molecular flexibility index (Phi) is 6.09. The number of benzene rings is 1. The van der Waals surface area contributed by atoms with Gasteiger partial charge >= 0.3 is 5.69 Å². The molecule has 5 heteroatoms. The zero-order valence-corrected chi connectivity index (χ0v) is 12.3. The molecule has 0 heterocycles. The molecule has 0 aliphatic rings. The second-order valence-corrected chi connectivity index (χ2v) is 5.65. The normalized spacial score (nSPS) is 12.5. The van der Waals surface area contributed by atoms with Crippen LogP contribution in [0.25, 0.3) is 0 Å². The molecular weight excluding hydrogens is 266 g/mol. The Labute approximate surface area is 118 Å². The van der Waals surface area contributed by atoms with Gasteiger partial charge in [-0.2, -0.15) is 0 Å². The van der Waals surface area contributed by atoms with Crippen molar-refractivity contribution in [2.45, 2.75) is 38.5 Å². The minimum absolute atomic E-state index is 0.00924. The van der Waals surface area contributed by atoms with Crippen LogP contribution in [0.3, 0.4) is 0 Å². The van der Waals surface area contributed by atoms with Gasteiger partial charge in [-0.15, -0.1) is 11.6 Å². The van der Waals surface area contributed by atoms with Gasteiger partial charge in [0.25, 0.3) is 0 Å². The molecule has 0 saturated carbocycles. The summed E-state index contributed by atoms with van der Waals surface area (Å²) in [5, 5.41) is 11.0.